The summed E-state index contributed by atoms with van der Waals surface area (Å²) in [6.07, 6.45) is 0. The Bertz CT molecular complexity index is 740. The largest absolute Gasteiger partial charge is 0.375 e. The number of aromatic nitrogens is 2. The molecule has 8 heteroatoms. The van der Waals surface area contributed by atoms with Crippen molar-refractivity contribution in [2.45, 2.75) is 0 Å². The number of hydrogen-bond donors (Lipinski definition) is 2. The van der Waals surface area contributed by atoms with Gasteiger partial charge in [-0.3, -0.25) is 0 Å². The van der Waals surface area contributed by atoms with Crippen molar-refractivity contribution in [3.05, 3.63) is 10.6 Å². The molecule has 0 bridgehead atoms. The number of halogens is 1. The summed E-state index contributed by atoms with van der Waals surface area (Å²) in [5.74, 6) is 0. The summed E-state index contributed by atoms with van der Waals surface area (Å²) in [6, 6.07) is 2.14. The Morgan fingerprint density at radius 1 is 1.06 bits per heavy atom. The molecule has 4 N–H and O–H groups in total. The van der Waals surface area contributed by atoms with Crippen LogP contribution in [-0.2, 0) is 0 Å². The molecule has 1 aromatic carbocycles. The van der Waals surface area contributed by atoms with Crippen molar-refractivity contribution in [1.82, 2.24) is 9.97 Å². The molecule has 0 aliphatic carbocycles. The summed E-state index contributed by atoms with van der Waals surface area (Å²) in [5.41, 5.74) is 12.8. The highest BCUT2D eigenvalue weighted by atomic mass is 35.5. The maximum Gasteiger partial charge on any atom is 0.181 e. The standard InChI is InChI=1S/C9H4ClN5S2/c10-3-4-6(16-8(12)14-4)2(1-11)7-5(3)15-9(13)17-7/h(H2,12,14)(H2,13,15). The summed E-state index contributed by atoms with van der Waals surface area (Å²) in [5, 5.41) is 10.4. The van der Waals surface area contributed by atoms with Gasteiger partial charge in [-0.1, -0.05) is 34.3 Å². The van der Waals surface area contributed by atoms with Crippen LogP contribution in [0.15, 0.2) is 0 Å². The maximum atomic E-state index is 9.23. The quantitative estimate of drug-likeness (QED) is 0.659. The summed E-state index contributed by atoms with van der Waals surface area (Å²) in [4.78, 5) is 8.24. The van der Waals surface area contributed by atoms with E-state index in [-0.39, 0.29) is 0 Å². The molecule has 0 aliphatic rings. The monoisotopic (exact) mass is 281 g/mol. The summed E-state index contributed by atoms with van der Waals surface area (Å²) < 4.78 is 1.37. The molecule has 0 saturated carbocycles. The molecular weight excluding hydrogens is 278 g/mol. The molecule has 2 aromatic heterocycles. The number of nitrogens with zero attached hydrogens (tertiary/aromatic N) is 3. The van der Waals surface area contributed by atoms with Crippen LogP contribution in [0, 0.1) is 11.3 Å². The topological polar surface area (TPSA) is 102 Å². The van der Waals surface area contributed by atoms with Gasteiger partial charge in [0, 0.05) is 0 Å². The Balaban J connectivity index is 2.67. The minimum atomic E-state index is 0.379. The predicted octanol–water partition coefficient (Wildman–Crippen LogP) is 2.60. The number of fused-ring (bicyclic) bond motifs is 2. The zero-order valence-electron chi connectivity index (χ0n) is 8.19. The van der Waals surface area contributed by atoms with E-state index >= 15 is 0 Å². The Kier molecular flexibility index (Phi) is 2.13. The van der Waals surface area contributed by atoms with Gasteiger partial charge in [0.25, 0.3) is 0 Å². The lowest BCUT2D eigenvalue weighted by Crippen LogP contribution is -1.83. The molecule has 0 fully saturated rings. The normalized spacial score (nSPS) is 11.1. The second-order valence-electron chi connectivity index (χ2n) is 3.26. The summed E-state index contributed by atoms with van der Waals surface area (Å²) >= 11 is 8.68. The van der Waals surface area contributed by atoms with Gasteiger partial charge in [0.1, 0.15) is 17.1 Å². The smallest absolute Gasteiger partial charge is 0.181 e. The van der Waals surface area contributed by atoms with E-state index in [1.54, 1.807) is 0 Å². The molecule has 17 heavy (non-hydrogen) atoms. The van der Waals surface area contributed by atoms with Crippen LogP contribution in [0.5, 0.6) is 0 Å². The lowest BCUT2D eigenvalue weighted by atomic mass is 10.2. The third-order valence-corrected chi connectivity index (χ3v) is 4.43. The first kappa shape index (κ1) is 10.5. The van der Waals surface area contributed by atoms with E-state index in [1.807, 2.05) is 0 Å². The number of nitrogen functional groups attached to an aromatic ring is 2. The van der Waals surface area contributed by atoms with Gasteiger partial charge in [-0.05, 0) is 0 Å². The van der Waals surface area contributed by atoms with E-state index in [9.17, 15) is 5.26 Å². The molecule has 3 aromatic rings. The van der Waals surface area contributed by atoms with Crippen LogP contribution in [0.1, 0.15) is 5.56 Å². The van der Waals surface area contributed by atoms with Gasteiger partial charge in [-0.2, -0.15) is 5.26 Å². The minimum Gasteiger partial charge on any atom is -0.375 e. The number of nitriles is 1. The summed E-state index contributed by atoms with van der Waals surface area (Å²) in [6.45, 7) is 0. The Morgan fingerprint density at radius 2 is 1.53 bits per heavy atom. The molecule has 3 rings (SSSR count). The van der Waals surface area contributed by atoms with Crippen molar-refractivity contribution in [2.75, 3.05) is 11.5 Å². The van der Waals surface area contributed by atoms with Crippen LogP contribution in [0.3, 0.4) is 0 Å². The van der Waals surface area contributed by atoms with E-state index in [2.05, 4.69) is 16.0 Å². The third kappa shape index (κ3) is 1.35. The van der Waals surface area contributed by atoms with Gasteiger partial charge in [0.2, 0.25) is 0 Å². The van der Waals surface area contributed by atoms with Gasteiger partial charge in [-0.15, -0.1) is 0 Å². The Morgan fingerprint density at radius 3 is 1.94 bits per heavy atom. The first-order valence-corrected chi connectivity index (χ1v) is 6.46. The number of nitrogens with two attached hydrogens (primary N) is 2. The third-order valence-electron chi connectivity index (χ3n) is 2.27. The molecule has 0 spiro atoms. The molecule has 5 nitrogen and oxygen atoms in total. The lowest BCUT2D eigenvalue weighted by molar-refractivity contribution is 1.47. The van der Waals surface area contributed by atoms with Gasteiger partial charge >= 0.3 is 0 Å². The molecule has 0 saturated heterocycles. The molecule has 0 radical (unpaired) electrons. The van der Waals surface area contributed by atoms with Gasteiger partial charge in [0.05, 0.1) is 20.0 Å². The van der Waals surface area contributed by atoms with Crippen molar-refractivity contribution in [3.63, 3.8) is 0 Å². The van der Waals surface area contributed by atoms with Crippen molar-refractivity contribution in [2.24, 2.45) is 0 Å². The minimum absolute atomic E-state index is 0.379. The van der Waals surface area contributed by atoms with Crippen molar-refractivity contribution in [3.8, 4) is 6.07 Å². The zero-order chi connectivity index (χ0) is 12.2. The van der Waals surface area contributed by atoms with Crippen molar-refractivity contribution < 1.29 is 0 Å². The molecular formula is C9H4ClN5S2. The van der Waals surface area contributed by atoms with Crippen LogP contribution in [-0.4, -0.2) is 9.97 Å². The van der Waals surface area contributed by atoms with Crippen LogP contribution in [0.2, 0.25) is 5.02 Å². The van der Waals surface area contributed by atoms with E-state index in [0.717, 1.165) is 0 Å². The fourth-order valence-corrected chi connectivity index (χ4v) is 3.76. The highest BCUT2D eigenvalue weighted by molar-refractivity contribution is 7.24. The SMILES string of the molecule is N#Cc1c2sc(N)nc2c(Cl)c2nc(N)sc12. The molecule has 2 heterocycles. The Labute approximate surface area is 108 Å². The number of anilines is 2. The van der Waals surface area contributed by atoms with Crippen LogP contribution in [0.4, 0.5) is 10.3 Å². The van der Waals surface area contributed by atoms with Crippen molar-refractivity contribution in [1.29, 1.82) is 5.26 Å². The van der Waals surface area contributed by atoms with E-state index in [4.69, 9.17) is 23.1 Å². The molecule has 0 atom stereocenters. The van der Waals surface area contributed by atoms with Crippen LogP contribution >= 0.6 is 34.3 Å². The Hall–Kier alpha value is -1.62. The van der Waals surface area contributed by atoms with Crippen LogP contribution in [0.25, 0.3) is 20.4 Å². The first-order valence-electron chi connectivity index (χ1n) is 4.45. The average Bonchev–Trinajstić information content (AvgIpc) is 2.83. The fourth-order valence-electron chi connectivity index (χ4n) is 1.63. The predicted molar refractivity (Wildman–Crippen MR) is 71.3 cm³/mol. The molecule has 84 valence electrons. The number of hydrogen-bond acceptors (Lipinski definition) is 7. The van der Waals surface area contributed by atoms with E-state index in [1.165, 1.54) is 22.7 Å². The lowest BCUT2D eigenvalue weighted by Gasteiger charge is -1.97. The zero-order valence-corrected chi connectivity index (χ0v) is 10.6. The number of benzene rings is 1. The average molecular weight is 282 g/mol. The second kappa shape index (κ2) is 3.43. The summed E-state index contributed by atoms with van der Waals surface area (Å²) in [7, 11) is 0. The maximum absolute atomic E-state index is 9.23. The van der Waals surface area contributed by atoms with E-state index < -0.39 is 0 Å². The molecule has 0 aliphatic heterocycles. The van der Waals surface area contributed by atoms with Crippen molar-refractivity contribution >= 4 is 65.0 Å². The fraction of sp³-hybridized carbons (Fsp3) is 0. The second-order valence-corrected chi connectivity index (χ2v) is 5.70. The highest BCUT2D eigenvalue weighted by Gasteiger charge is 2.19. The van der Waals surface area contributed by atoms with Gasteiger partial charge in [-0.25, -0.2) is 9.97 Å². The first-order chi connectivity index (χ1) is 8.11. The molecule has 0 amide bonds. The van der Waals surface area contributed by atoms with Gasteiger partial charge < -0.3 is 11.5 Å². The highest BCUT2D eigenvalue weighted by Crippen LogP contribution is 2.41. The van der Waals surface area contributed by atoms with Gasteiger partial charge in [0.15, 0.2) is 10.3 Å². The number of rotatable bonds is 0. The van der Waals surface area contributed by atoms with E-state index in [0.29, 0.717) is 41.3 Å². The van der Waals surface area contributed by atoms with Crippen LogP contribution < -0.4 is 11.5 Å². The molecule has 0 unspecified atom stereocenters. The number of thiazole rings is 2.